The number of thiol groups is 1. The Bertz CT molecular complexity index is 459. The SMILES string of the molecule is CCOC(=O)C(C(=O)OCC)=C(S)c1ccccc1. The summed E-state index contributed by atoms with van der Waals surface area (Å²) in [7, 11) is 0. The molecule has 0 aliphatic heterocycles. The summed E-state index contributed by atoms with van der Waals surface area (Å²) >= 11 is 4.26. The van der Waals surface area contributed by atoms with Gasteiger partial charge in [0.05, 0.1) is 13.2 Å². The Labute approximate surface area is 117 Å². The molecule has 0 amide bonds. The van der Waals surface area contributed by atoms with E-state index in [0.29, 0.717) is 5.56 Å². The van der Waals surface area contributed by atoms with Crippen LogP contribution in [0.25, 0.3) is 4.91 Å². The Kier molecular flexibility index (Phi) is 6.15. The molecule has 0 aromatic heterocycles. The molecule has 0 N–H and O–H groups in total. The fourth-order valence-electron chi connectivity index (χ4n) is 1.42. The highest BCUT2D eigenvalue weighted by Gasteiger charge is 2.25. The van der Waals surface area contributed by atoms with Crippen LogP contribution in [0.15, 0.2) is 35.9 Å². The molecule has 0 saturated heterocycles. The first-order valence-corrected chi connectivity index (χ1v) is 6.39. The van der Waals surface area contributed by atoms with E-state index in [1.807, 2.05) is 6.07 Å². The highest BCUT2D eigenvalue weighted by Crippen LogP contribution is 2.24. The smallest absolute Gasteiger partial charge is 0.346 e. The van der Waals surface area contributed by atoms with Gasteiger partial charge in [-0.3, -0.25) is 0 Å². The van der Waals surface area contributed by atoms with Crippen LogP contribution in [0, 0.1) is 0 Å². The molecule has 0 bridgehead atoms. The molecule has 1 aromatic rings. The van der Waals surface area contributed by atoms with Crippen LogP contribution in [-0.2, 0) is 19.1 Å². The van der Waals surface area contributed by atoms with Gasteiger partial charge < -0.3 is 9.47 Å². The number of rotatable bonds is 5. The minimum absolute atomic E-state index is 0.178. The molecular weight excluding hydrogens is 264 g/mol. The minimum atomic E-state index is -0.727. The van der Waals surface area contributed by atoms with Crippen LogP contribution in [-0.4, -0.2) is 25.2 Å². The Morgan fingerprint density at radius 3 is 1.89 bits per heavy atom. The first kappa shape index (κ1) is 15.3. The van der Waals surface area contributed by atoms with Gasteiger partial charge >= 0.3 is 11.9 Å². The van der Waals surface area contributed by atoms with Gasteiger partial charge in [-0.2, -0.15) is 0 Å². The lowest BCUT2D eigenvalue weighted by molar-refractivity contribution is -0.146. The molecule has 0 fully saturated rings. The lowest BCUT2D eigenvalue weighted by Gasteiger charge is -2.10. The molecule has 0 saturated carbocycles. The molecule has 4 nitrogen and oxygen atoms in total. The summed E-state index contributed by atoms with van der Waals surface area (Å²) in [5.41, 5.74) is 0.472. The summed E-state index contributed by atoms with van der Waals surface area (Å²) in [6.07, 6.45) is 0. The Morgan fingerprint density at radius 2 is 1.47 bits per heavy atom. The summed E-state index contributed by atoms with van der Waals surface area (Å²) in [4.78, 5) is 23.9. The topological polar surface area (TPSA) is 52.6 Å². The molecule has 0 aliphatic carbocycles. The molecular formula is C14H16O4S. The molecule has 0 radical (unpaired) electrons. The third-order valence-electron chi connectivity index (χ3n) is 2.24. The number of ether oxygens (including phenoxy) is 2. The van der Waals surface area contributed by atoms with Crippen molar-refractivity contribution >= 4 is 29.5 Å². The van der Waals surface area contributed by atoms with E-state index in [1.54, 1.807) is 38.1 Å². The highest BCUT2D eigenvalue weighted by atomic mass is 32.1. The van der Waals surface area contributed by atoms with Gasteiger partial charge in [0.1, 0.15) is 0 Å². The fraction of sp³-hybridized carbons (Fsp3) is 0.286. The van der Waals surface area contributed by atoms with Crippen molar-refractivity contribution in [3.63, 3.8) is 0 Å². The second-order valence-corrected chi connectivity index (χ2v) is 3.98. The standard InChI is InChI=1S/C14H16O4S/c1-3-17-13(15)11(14(16)18-4-2)12(19)10-8-6-5-7-9-10/h5-9,19H,3-4H2,1-2H3. The van der Waals surface area contributed by atoms with Crippen molar-refractivity contribution in [2.24, 2.45) is 0 Å². The van der Waals surface area contributed by atoms with Crippen molar-refractivity contribution in [1.29, 1.82) is 0 Å². The van der Waals surface area contributed by atoms with E-state index in [4.69, 9.17) is 9.47 Å². The van der Waals surface area contributed by atoms with Crippen molar-refractivity contribution in [3.8, 4) is 0 Å². The van der Waals surface area contributed by atoms with Gasteiger partial charge in [-0.1, -0.05) is 30.3 Å². The summed E-state index contributed by atoms with van der Waals surface area (Å²) < 4.78 is 9.74. The first-order chi connectivity index (χ1) is 9.11. The van der Waals surface area contributed by atoms with Crippen LogP contribution in [0.3, 0.4) is 0 Å². The number of benzene rings is 1. The molecule has 1 rings (SSSR count). The van der Waals surface area contributed by atoms with Crippen LogP contribution in [0.4, 0.5) is 0 Å². The Balaban J connectivity index is 3.21. The third-order valence-corrected chi connectivity index (χ3v) is 2.72. The van der Waals surface area contributed by atoms with Crippen LogP contribution < -0.4 is 0 Å². The lowest BCUT2D eigenvalue weighted by Crippen LogP contribution is -2.19. The van der Waals surface area contributed by atoms with Gasteiger partial charge in [0.25, 0.3) is 0 Å². The monoisotopic (exact) mass is 280 g/mol. The summed E-state index contributed by atoms with van der Waals surface area (Å²) in [5.74, 6) is -1.45. The Morgan fingerprint density at radius 1 is 1.00 bits per heavy atom. The summed E-state index contributed by atoms with van der Waals surface area (Å²) in [6.45, 7) is 3.69. The van der Waals surface area contributed by atoms with E-state index in [9.17, 15) is 9.59 Å². The molecule has 0 spiro atoms. The maximum Gasteiger partial charge on any atom is 0.346 e. The molecule has 5 heteroatoms. The molecule has 0 unspecified atom stereocenters. The molecule has 0 heterocycles. The third kappa shape index (κ3) is 4.13. The van der Waals surface area contributed by atoms with Crippen LogP contribution in [0.1, 0.15) is 19.4 Å². The number of esters is 2. The minimum Gasteiger partial charge on any atom is -0.462 e. The molecule has 19 heavy (non-hydrogen) atoms. The zero-order valence-corrected chi connectivity index (χ0v) is 11.8. The van der Waals surface area contributed by atoms with Crippen molar-refractivity contribution in [1.82, 2.24) is 0 Å². The van der Waals surface area contributed by atoms with Gasteiger partial charge in [0.15, 0.2) is 5.57 Å². The summed E-state index contributed by atoms with van der Waals surface area (Å²) in [6, 6.07) is 8.92. The maximum absolute atomic E-state index is 11.8. The maximum atomic E-state index is 11.8. The van der Waals surface area contributed by atoms with E-state index in [1.165, 1.54) is 0 Å². The van der Waals surface area contributed by atoms with Crippen molar-refractivity contribution < 1.29 is 19.1 Å². The molecule has 102 valence electrons. The highest BCUT2D eigenvalue weighted by molar-refractivity contribution is 7.90. The van der Waals surface area contributed by atoms with Gasteiger partial charge in [-0.25, -0.2) is 9.59 Å². The lowest BCUT2D eigenvalue weighted by atomic mass is 10.1. The molecule has 0 aliphatic rings. The van der Waals surface area contributed by atoms with Crippen LogP contribution in [0.5, 0.6) is 0 Å². The van der Waals surface area contributed by atoms with Gasteiger partial charge in [0.2, 0.25) is 0 Å². The zero-order chi connectivity index (χ0) is 14.3. The van der Waals surface area contributed by atoms with Crippen LogP contribution >= 0.6 is 12.6 Å². The summed E-state index contributed by atoms with van der Waals surface area (Å²) in [5, 5.41) is 0. The zero-order valence-electron chi connectivity index (χ0n) is 10.9. The quantitative estimate of drug-likeness (QED) is 0.296. The number of carbonyl (C=O) groups excluding carboxylic acids is 2. The predicted molar refractivity (Wildman–Crippen MR) is 75.6 cm³/mol. The largest absolute Gasteiger partial charge is 0.462 e. The second-order valence-electron chi connectivity index (χ2n) is 3.53. The van der Waals surface area contributed by atoms with E-state index < -0.39 is 11.9 Å². The van der Waals surface area contributed by atoms with E-state index in [0.717, 1.165) is 0 Å². The fourth-order valence-corrected chi connectivity index (χ4v) is 1.76. The van der Waals surface area contributed by atoms with E-state index in [-0.39, 0.29) is 23.7 Å². The van der Waals surface area contributed by atoms with Crippen molar-refractivity contribution in [2.75, 3.05) is 13.2 Å². The van der Waals surface area contributed by atoms with Crippen molar-refractivity contribution in [2.45, 2.75) is 13.8 Å². The number of carbonyl (C=O) groups is 2. The normalized spacial score (nSPS) is 9.63. The van der Waals surface area contributed by atoms with E-state index >= 15 is 0 Å². The first-order valence-electron chi connectivity index (χ1n) is 5.94. The van der Waals surface area contributed by atoms with Gasteiger partial charge in [0, 0.05) is 4.91 Å². The number of hydrogen-bond donors (Lipinski definition) is 1. The van der Waals surface area contributed by atoms with Crippen molar-refractivity contribution in [3.05, 3.63) is 41.5 Å². The van der Waals surface area contributed by atoms with Gasteiger partial charge in [-0.05, 0) is 19.4 Å². The average molecular weight is 280 g/mol. The second kappa shape index (κ2) is 7.63. The predicted octanol–water partition coefficient (Wildman–Crippen LogP) is 2.45. The average Bonchev–Trinajstić information content (AvgIpc) is 2.40. The number of hydrogen-bond acceptors (Lipinski definition) is 5. The van der Waals surface area contributed by atoms with Gasteiger partial charge in [-0.15, -0.1) is 12.6 Å². The Hall–Kier alpha value is -1.75. The molecule has 1 aromatic carbocycles. The van der Waals surface area contributed by atoms with Crippen LogP contribution in [0.2, 0.25) is 0 Å². The van der Waals surface area contributed by atoms with E-state index in [2.05, 4.69) is 12.6 Å². The molecule has 0 atom stereocenters.